The summed E-state index contributed by atoms with van der Waals surface area (Å²) in [6.45, 7) is 2.20. The number of ether oxygens (including phenoxy) is 3. The summed E-state index contributed by atoms with van der Waals surface area (Å²) in [5.74, 6) is 1.69. The van der Waals surface area contributed by atoms with E-state index in [1.165, 1.54) is 0 Å². The first-order chi connectivity index (χ1) is 13.8. The van der Waals surface area contributed by atoms with Gasteiger partial charge in [-0.15, -0.1) is 10.2 Å². The zero-order valence-electron chi connectivity index (χ0n) is 15.2. The Hall–Kier alpha value is -2.01. The van der Waals surface area contributed by atoms with E-state index < -0.39 is 0 Å². The molecule has 0 saturated carbocycles. The average Bonchev–Trinajstić information content (AvgIpc) is 3.21. The van der Waals surface area contributed by atoms with Crippen molar-refractivity contribution in [3.63, 3.8) is 0 Å². The highest BCUT2D eigenvalue weighted by Gasteiger charge is 2.10. The van der Waals surface area contributed by atoms with E-state index in [4.69, 9.17) is 23.7 Å². The molecule has 1 N–H and O–H groups in total. The molecular weight excluding hydrogens is 475 g/mol. The molecule has 0 aliphatic heterocycles. The van der Waals surface area contributed by atoms with Crippen LogP contribution in [0.5, 0.6) is 5.75 Å². The van der Waals surface area contributed by atoms with Crippen LogP contribution in [-0.4, -0.2) is 54.9 Å². The van der Waals surface area contributed by atoms with Crippen LogP contribution >= 0.6 is 22.6 Å². The second kappa shape index (κ2) is 11.1. The molecule has 28 heavy (non-hydrogen) atoms. The van der Waals surface area contributed by atoms with Crippen molar-refractivity contribution < 1.29 is 23.7 Å². The summed E-state index contributed by atoms with van der Waals surface area (Å²) >= 11 is 2.25. The molecule has 3 rings (SSSR count). The molecule has 0 saturated heterocycles. The summed E-state index contributed by atoms with van der Waals surface area (Å²) in [5.41, 5.74) is 1.72. The zero-order chi connectivity index (χ0) is 19.6. The van der Waals surface area contributed by atoms with Crippen LogP contribution in [-0.2, 0) is 9.47 Å². The number of aromatic nitrogens is 2. The van der Waals surface area contributed by atoms with Gasteiger partial charge in [0, 0.05) is 14.7 Å². The minimum absolute atomic E-state index is 0.0235. The maximum atomic E-state index is 8.59. The van der Waals surface area contributed by atoms with Gasteiger partial charge in [0.15, 0.2) is 0 Å². The fraction of sp³-hybridized carbons (Fsp3) is 0.300. The Bertz CT molecular complexity index is 837. The van der Waals surface area contributed by atoms with Crippen LogP contribution in [0.2, 0.25) is 0 Å². The van der Waals surface area contributed by atoms with E-state index in [0.29, 0.717) is 44.8 Å². The van der Waals surface area contributed by atoms with Crippen LogP contribution in [0.15, 0.2) is 52.9 Å². The van der Waals surface area contributed by atoms with Crippen molar-refractivity contribution in [3.8, 4) is 28.7 Å². The van der Waals surface area contributed by atoms with Crippen LogP contribution in [0.3, 0.4) is 0 Å². The van der Waals surface area contributed by atoms with Crippen LogP contribution in [0.1, 0.15) is 0 Å². The maximum absolute atomic E-state index is 8.59. The first-order valence-corrected chi connectivity index (χ1v) is 9.93. The van der Waals surface area contributed by atoms with Crippen LogP contribution in [0.25, 0.3) is 22.9 Å². The average molecular weight is 496 g/mol. The normalized spacial score (nSPS) is 10.9. The van der Waals surface area contributed by atoms with E-state index >= 15 is 0 Å². The molecule has 0 aliphatic carbocycles. The van der Waals surface area contributed by atoms with E-state index in [9.17, 15) is 0 Å². The molecule has 8 heteroatoms. The SMILES string of the molecule is OCCOCCOCCOc1ccc(-c2nnc(-c3ccc(I)cc3)o2)cc1. The molecule has 0 aliphatic rings. The predicted molar refractivity (Wildman–Crippen MR) is 112 cm³/mol. The zero-order valence-corrected chi connectivity index (χ0v) is 17.4. The lowest BCUT2D eigenvalue weighted by Crippen LogP contribution is -2.11. The molecule has 0 spiro atoms. The van der Waals surface area contributed by atoms with E-state index in [-0.39, 0.29) is 6.61 Å². The lowest BCUT2D eigenvalue weighted by molar-refractivity contribution is 0.0247. The third kappa shape index (κ3) is 6.26. The molecule has 3 aromatic rings. The number of aliphatic hydroxyl groups excluding tert-OH is 1. The Morgan fingerprint density at radius 3 is 1.89 bits per heavy atom. The van der Waals surface area contributed by atoms with Gasteiger partial charge in [0.2, 0.25) is 11.8 Å². The molecule has 2 aromatic carbocycles. The first kappa shape index (κ1) is 20.7. The van der Waals surface area contributed by atoms with Gasteiger partial charge in [0.05, 0.1) is 33.0 Å². The number of benzene rings is 2. The largest absolute Gasteiger partial charge is 0.491 e. The second-order valence-corrected chi connectivity index (χ2v) is 6.99. The lowest BCUT2D eigenvalue weighted by Gasteiger charge is -2.07. The van der Waals surface area contributed by atoms with Gasteiger partial charge >= 0.3 is 0 Å². The van der Waals surface area contributed by atoms with Gasteiger partial charge in [0.25, 0.3) is 0 Å². The third-order valence-electron chi connectivity index (χ3n) is 3.72. The summed E-state index contributed by atoms with van der Waals surface area (Å²) < 4.78 is 23.0. The van der Waals surface area contributed by atoms with Crippen LogP contribution < -0.4 is 4.74 Å². The molecule has 0 amide bonds. The fourth-order valence-electron chi connectivity index (χ4n) is 2.35. The van der Waals surface area contributed by atoms with Crippen LogP contribution in [0.4, 0.5) is 0 Å². The maximum Gasteiger partial charge on any atom is 0.248 e. The van der Waals surface area contributed by atoms with Crippen molar-refractivity contribution in [1.82, 2.24) is 10.2 Å². The summed E-state index contributed by atoms with van der Waals surface area (Å²) in [5, 5.41) is 16.8. The lowest BCUT2D eigenvalue weighted by atomic mass is 10.2. The molecule has 1 aromatic heterocycles. The Kier molecular flexibility index (Phi) is 8.22. The number of nitrogens with zero attached hydrogens (tertiary/aromatic N) is 2. The first-order valence-electron chi connectivity index (χ1n) is 8.85. The summed E-state index contributed by atoms with van der Waals surface area (Å²) in [7, 11) is 0. The van der Waals surface area contributed by atoms with E-state index in [1.54, 1.807) is 0 Å². The van der Waals surface area contributed by atoms with E-state index in [1.807, 2.05) is 48.5 Å². The third-order valence-corrected chi connectivity index (χ3v) is 4.44. The molecule has 1 heterocycles. The molecule has 0 radical (unpaired) electrons. The monoisotopic (exact) mass is 496 g/mol. The second-order valence-electron chi connectivity index (χ2n) is 5.74. The molecule has 0 bridgehead atoms. The van der Waals surface area contributed by atoms with Crippen molar-refractivity contribution in [2.75, 3.05) is 39.6 Å². The standard InChI is InChI=1S/C20H21IN2O5/c21-17-5-1-15(2-6-17)19-22-23-20(28-19)16-3-7-18(8-4-16)27-14-13-26-12-11-25-10-9-24/h1-8,24H,9-14H2. The van der Waals surface area contributed by atoms with E-state index in [2.05, 4.69) is 32.8 Å². The predicted octanol–water partition coefficient (Wildman–Crippen LogP) is 3.41. The minimum atomic E-state index is 0.0235. The number of hydrogen-bond donors (Lipinski definition) is 1. The fourth-order valence-corrected chi connectivity index (χ4v) is 2.71. The molecular formula is C20H21IN2O5. The van der Waals surface area contributed by atoms with Crippen LogP contribution in [0, 0.1) is 3.57 Å². The Morgan fingerprint density at radius 1 is 0.750 bits per heavy atom. The quantitative estimate of drug-likeness (QED) is 0.322. The number of halogens is 1. The molecule has 0 unspecified atom stereocenters. The van der Waals surface area contributed by atoms with Gasteiger partial charge in [0.1, 0.15) is 12.4 Å². The van der Waals surface area contributed by atoms with Crippen molar-refractivity contribution in [2.45, 2.75) is 0 Å². The Morgan fingerprint density at radius 2 is 1.29 bits per heavy atom. The van der Waals surface area contributed by atoms with E-state index in [0.717, 1.165) is 20.4 Å². The van der Waals surface area contributed by atoms with Crippen molar-refractivity contribution >= 4 is 22.6 Å². The summed E-state index contributed by atoms with van der Waals surface area (Å²) in [4.78, 5) is 0. The highest BCUT2D eigenvalue weighted by atomic mass is 127. The molecule has 0 fully saturated rings. The Labute approximate surface area is 176 Å². The van der Waals surface area contributed by atoms with Gasteiger partial charge in [-0.3, -0.25) is 0 Å². The highest BCUT2D eigenvalue weighted by Crippen LogP contribution is 2.25. The number of aliphatic hydroxyl groups is 1. The molecule has 148 valence electrons. The smallest absolute Gasteiger partial charge is 0.248 e. The number of rotatable bonds is 11. The van der Waals surface area contributed by atoms with Crippen molar-refractivity contribution in [2.24, 2.45) is 0 Å². The minimum Gasteiger partial charge on any atom is -0.491 e. The summed E-state index contributed by atoms with van der Waals surface area (Å²) in [6, 6.07) is 15.4. The van der Waals surface area contributed by atoms with Gasteiger partial charge < -0.3 is 23.7 Å². The number of hydrogen-bond acceptors (Lipinski definition) is 7. The van der Waals surface area contributed by atoms with Gasteiger partial charge in [-0.25, -0.2) is 0 Å². The van der Waals surface area contributed by atoms with Gasteiger partial charge in [-0.1, -0.05) is 0 Å². The Balaban J connectivity index is 1.46. The topological polar surface area (TPSA) is 86.8 Å². The van der Waals surface area contributed by atoms with Gasteiger partial charge in [-0.2, -0.15) is 0 Å². The van der Waals surface area contributed by atoms with Crippen molar-refractivity contribution in [3.05, 3.63) is 52.1 Å². The van der Waals surface area contributed by atoms with Crippen molar-refractivity contribution in [1.29, 1.82) is 0 Å². The molecule has 0 atom stereocenters. The summed E-state index contributed by atoms with van der Waals surface area (Å²) in [6.07, 6.45) is 0. The highest BCUT2D eigenvalue weighted by molar-refractivity contribution is 14.1. The van der Waals surface area contributed by atoms with Gasteiger partial charge in [-0.05, 0) is 71.1 Å². The molecule has 7 nitrogen and oxygen atoms in total.